The van der Waals surface area contributed by atoms with Gasteiger partial charge in [0.2, 0.25) is 0 Å². The molecule has 182 valence electrons. The monoisotopic (exact) mass is 442 g/mol. The minimum Gasteiger partial charge on any atom is -0.396 e. The van der Waals surface area contributed by atoms with Crippen LogP contribution in [-0.4, -0.2) is 22.9 Å². The van der Waals surface area contributed by atoms with E-state index < -0.39 is 0 Å². The van der Waals surface area contributed by atoms with Crippen LogP contribution in [0.4, 0.5) is 0 Å². The first-order chi connectivity index (χ1) is 15.1. The Morgan fingerprint density at radius 2 is 1.62 bits per heavy atom. The Morgan fingerprint density at radius 3 is 2.28 bits per heavy atom. The average Bonchev–Trinajstić information content (AvgIpc) is 3.14. The third-order valence-corrected chi connectivity index (χ3v) is 13.3. The van der Waals surface area contributed by atoms with E-state index in [0.717, 1.165) is 18.3 Å². The van der Waals surface area contributed by atoms with Crippen molar-refractivity contribution in [2.45, 2.75) is 105 Å². The Kier molecular flexibility index (Phi) is 5.54. The maximum absolute atomic E-state index is 11.0. The number of aliphatic hydroxyl groups is 2. The third kappa shape index (κ3) is 2.78. The number of rotatable bonds is 3. The van der Waals surface area contributed by atoms with Crippen molar-refractivity contribution in [2.24, 2.45) is 63.1 Å². The summed E-state index contributed by atoms with van der Waals surface area (Å²) in [5, 5.41) is 21.6. The number of aliphatic hydroxyl groups excluding tert-OH is 2. The highest BCUT2D eigenvalue weighted by Gasteiger charge is 2.69. The van der Waals surface area contributed by atoms with E-state index in [4.69, 9.17) is 0 Å². The molecule has 2 nitrogen and oxygen atoms in total. The molecule has 2 N–H and O–H groups in total. The molecule has 2 heteroatoms. The molecule has 11 atom stereocenters. The van der Waals surface area contributed by atoms with Crippen LogP contribution in [0.5, 0.6) is 0 Å². The Morgan fingerprint density at radius 1 is 0.875 bits per heavy atom. The van der Waals surface area contributed by atoms with Crippen LogP contribution in [-0.2, 0) is 0 Å². The van der Waals surface area contributed by atoms with Gasteiger partial charge in [0.15, 0.2) is 0 Å². The van der Waals surface area contributed by atoms with Gasteiger partial charge in [-0.3, -0.25) is 0 Å². The maximum Gasteiger partial charge on any atom is 0.0573 e. The second kappa shape index (κ2) is 7.58. The zero-order valence-corrected chi connectivity index (χ0v) is 21.6. The quantitative estimate of drug-likeness (QED) is 0.469. The van der Waals surface area contributed by atoms with Crippen LogP contribution in [0, 0.1) is 63.1 Å². The van der Waals surface area contributed by atoms with E-state index >= 15 is 0 Å². The number of hydrogen-bond donors (Lipinski definition) is 2. The minimum absolute atomic E-state index is 0.101. The lowest BCUT2D eigenvalue weighted by Gasteiger charge is -2.72. The van der Waals surface area contributed by atoms with Crippen molar-refractivity contribution in [3.8, 4) is 0 Å². The number of hydrogen-bond acceptors (Lipinski definition) is 2. The zero-order chi connectivity index (χ0) is 23.1. The van der Waals surface area contributed by atoms with Crippen molar-refractivity contribution in [3.63, 3.8) is 0 Å². The van der Waals surface area contributed by atoms with Gasteiger partial charge in [-0.1, -0.05) is 40.7 Å². The lowest BCUT2D eigenvalue weighted by Crippen LogP contribution is -2.66. The molecule has 0 amide bonds. The SMILES string of the molecule is C=CC1CC[C@]2(CO)CC[C@]3(C)[C@H](CC[C@@H]4[C@@]5(C)CC[C@H](O)C(C(C)C)[C@@H]5CC[C@]43C)[C@@H]12. The van der Waals surface area contributed by atoms with Crippen LogP contribution in [0.15, 0.2) is 12.7 Å². The average molecular weight is 443 g/mol. The predicted octanol–water partition coefficient (Wildman–Crippen LogP) is 6.85. The number of fused-ring (bicyclic) bond motifs is 7. The molecule has 0 aromatic heterocycles. The van der Waals surface area contributed by atoms with Crippen LogP contribution in [0.1, 0.15) is 98.8 Å². The topological polar surface area (TPSA) is 40.5 Å². The van der Waals surface area contributed by atoms with Crippen molar-refractivity contribution in [1.29, 1.82) is 0 Å². The molecule has 5 fully saturated rings. The molecule has 5 rings (SSSR count). The summed E-state index contributed by atoms with van der Waals surface area (Å²) in [4.78, 5) is 0. The largest absolute Gasteiger partial charge is 0.396 e. The van der Waals surface area contributed by atoms with Gasteiger partial charge in [-0.15, -0.1) is 6.58 Å². The Hall–Kier alpha value is -0.340. The first kappa shape index (κ1) is 23.4. The van der Waals surface area contributed by atoms with Crippen LogP contribution >= 0.6 is 0 Å². The number of allylic oxidation sites excluding steroid dienone is 1. The van der Waals surface area contributed by atoms with Gasteiger partial charge >= 0.3 is 0 Å². The maximum atomic E-state index is 11.0. The van der Waals surface area contributed by atoms with Crippen molar-refractivity contribution >= 4 is 0 Å². The Balaban J connectivity index is 1.53. The van der Waals surface area contributed by atoms with E-state index in [2.05, 4.69) is 47.3 Å². The van der Waals surface area contributed by atoms with Gasteiger partial charge < -0.3 is 10.2 Å². The van der Waals surface area contributed by atoms with E-state index in [-0.39, 0.29) is 11.5 Å². The van der Waals surface area contributed by atoms with Crippen molar-refractivity contribution in [2.75, 3.05) is 6.61 Å². The molecule has 5 saturated carbocycles. The van der Waals surface area contributed by atoms with Gasteiger partial charge in [-0.05, 0) is 127 Å². The molecule has 5 aliphatic carbocycles. The fourth-order valence-corrected chi connectivity index (χ4v) is 11.5. The molecule has 0 radical (unpaired) electrons. The highest BCUT2D eigenvalue weighted by molar-refractivity contribution is 5.19. The summed E-state index contributed by atoms with van der Waals surface area (Å²) in [7, 11) is 0. The van der Waals surface area contributed by atoms with Crippen LogP contribution in [0.3, 0.4) is 0 Å². The third-order valence-electron chi connectivity index (χ3n) is 13.3. The van der Waals surface area contributed by atoms with E-state index in [1.165, 1.54) is 57.8 Å². The zero-order valence-electron chi connectivity index (χ0n) is 21.6. The Labute approximate surface area is 197 Å². The summed E-state index contributed by atoms with van der Waals surface area (Å²) in [5.41, 5.74) is 1.27. The molecule has 0 aliphatic heterocycles. The molecule has 2 unspecified atom stereocenters. The van der Waals surface area contributed by atoms with E-state index in [1.807, 2.05) is 0 Å². The van der Waals surface area contributed by atoms with Crippen LogP contribution in [0.2, 0.25) is 0 Å². The normalized spacial score (nSPS) is 57.3. The van der Waals surface area contributed by atoms with E-state index in [1.54, 1.807) is 0 Å². The first-order valence-electron chi connectivity index (χ1n) is 14.0. The van der Waals surface area contributed by atoms with Crippen molar-refractivity contribution < 1.29 is 10.2 Å². The van der Waals surface area contributed by atoms with E-state index in [9.17, 15) is 10.2 Å². The first-order valence-corrected chi connectivity index (χ1v) is 14.0. The van der Waals surface area contributed by atoms with Gasteiger partial charge in [-0.2, -0.15) is 0 Å². The molecule has 0 bridgehead atoms. The molecule has 0 heterocycles. The molecular weight excluding hydrogens is 392 g/mol. The highest BCUT2D eigenvalue weighted by atomic mass is 16.3. The molecule has 0 aromatic rings. The second-order valence-electron chi connectivity index (χ2n) is 14.1. The van der Waals surface area contributed by atoms with Gasteiger partial charge in [0.1, 0.15) is 0 Å². The molecule has 0 saturated heterocycles. The van der Waals surface area contributed by atoms with E-state index in [0.29, 0.717) is 52.4 Å². The molecule has 5 aliphatic rings. The van der Waals surface area contributed by atoms with Crippen molar-refractivity contribution in [1.82, 2.24) is 0 Å². The summed E-state index contributed by atoms with van der Waals surface area (Å²) in [6.45, 7) is 17.3. The summed E-state index contributed by atoms with van der Waals surface area (Å²) >= 11 is 0. The van der Waals surface area contributed by atoms with Gasteiger partial charge in [0.05, 0.1) is 6.10 Å². The van der Waals surface area contributed by atoms with Crippen molar-refractivity contribution in [3.05, 3.63) is 12.7 Å². The summed E-state index contributed by atoms with van der Waals surface area (Å²) < 4.78 is 0. The second-order valence-corrected chi connectivity index (χ2v) is 14.1. The summed E-state index contributed by atoms with van der Waals surface area (Å²) in [5.74, 6) is 4.43. The predicted molar refractivity (Wildman–Crippen MR) is 132 cm³/mol. The molecule has 32 heavy (non-hydrogen) atoms. The lowest BCUT2D eigenvalue weighted by molar-refractivity contribution is -0.241. The van der Waals surface area contributed by atoms with Gasteiger partial charge in [0, 0.05) is 6.61 Å². The summed E-state index contributed by atoms with van der Waals surface area (Å²) in [6.07, 6.45) is 14.6. The van der Waals surface area contributed by atoms with Crippen LogP contribution < -0.4 is 0 Å². The smallest absolute Gasteiger partial charge is 0.0573 e. The molecule has 0 aromatic carbocycles. The highest BCUT2D eigenvalue weighted by Crippen LogP contribution is 2.76. The minimum atomic E-state index is -0.101. The fraction of sp³-hybridized carbons (Fsp3) is 0.933. The standard InChI is InChI=1S/C30H50O2/c1-7-20-10-15-30(18-31)17-16-28(5)22(26(20)30)8-9-24-27(4)13-12-23(32)25(19(2)3)21(27)11-14-29(24,28)6/h7,19-26,31-32H,1,8-18H2,2-6H3/t20?,21-,22+,23-,24+,25?,26+,27-,28+,29+,30+/m0/s1. The Bertz CT molecular complexity index is 745. The lowest BCUT2D eigenvalue weighted by atomic mass is 9.33. The fourth-order valence-electron chi connectivity index (χ4n) is 11.5. The van der Waals surface area contributed by atoms with Crippen LogP contribution in [0.25, 0.3) is 0 Å². The van der Waals surface area contributed by atoms with Gasteiger partial charge in [0.25, 0.3) is 0 Å². The molecule has 0 spiro atoms. The summed E-state index contributed by atoms with van der Waals surface area (Å²) in [6, 6.07) is 0. The molecular formula is C30H50O2. The van der Waals surface area contributed by atoms with Gasteiger partial charge in [-0.25, -0.2) is 0 Å².